The van der Waals surface area contributed by atoms with E-state index < -0.39 is 10.0 Å². The SMILES string of the molecule is CCC(CC)CNC(=O)c1ccc(OC)c(S(N)(=O)=O)c1. The molecule has 0 saturated heterocycles. The van der Waals surface area contributed by atoms with Crippen LogP contribution in [-0.4, -0.2) is 28.0 Å². The first-order chi connectivity index (χ1) is 9.83. The minimum atomic E-state index is -3.95. The lowest BCUT2D eigenvalue weighted by Crippen LogP contribution is -2.29. The van der Waals surface area contributed by atoms with Gasteiger partial charge in [0, 0.05) is 12.1 Å². The highest BCUT2D eigenvalue weighted by molar-refractivity contribution is 7.89. The van der Waals surface area contributed by atoms with Crippen molar-refractivity contribution in [1.29, 1.82) is 0 Å². The van der Waals surface area contributed by atoms with E-state index in [4.69, 9.17) is 9.88 Å². The molecule has 3 N–H and O–H groups in total. The van der Waals surface area contributed by atoms with Gasteiger partial charge in [0.25, 0.3) is 5.91 Å². The standard InChI is InChI=1S/C14H22N2O4S/c1-4-10(5-2)9-16-14(17)11-6-7-12(20-3)13(8-11)21(15,18)19/h6-8,10H,4-5,9H2,1-3H3,(H,16,17)(H2,15,18,19). The minimum absolute atomic E-state index is 0.119. The van der Waals surface area contributed by atoms with Gasteiger partial charge >= 0.3 is 0 Å². The van der Waals surface area contributed by atoms with E-state index in [1.165, 1.54) is 25.3 Å². The zero-order chi connectivity index (χ0) is 16.0. The molecule has 0 bridgehead atoms. The minimum Gasteiger partial charge on any atom is -0.495 e. The van der Waals surface area contributed by atoms with E-state index in [2.05, 4.69) is 19.2 Å². The van der Waals surface area contributed by atoms with Gasteiger partial charge in [-0.1, -0.05) is 26.7 Å². The van der Waals surface area contributed by atoms with E-state index in [0.717, 1.165) is 12.8 Å². The lowest BCUT2D eigenvalue weighted by atomic mass is 10.0. The first-order valence-electron chi connectivity index (χ1n) is 6.82. The number of nitrogens with one attached hydrogen (secondary N) is 1. The van der Waals surface area contributed by atoms with Crippen LogP contribution in [0.25, 0.3) is 0 Å². The Bertz CT molecular complexity index is 595. The van der Waals surface area contributed by atoms with Crippen LogP contribution in [0.1, 0.15) is 37.0 Å². The van der Waals surface area contributed by atoms with Gasteiger partial charge in [-0.3, -0.25) is 4.79 Å². The summed E-state index contributed by atoms with van der Waals surface area (Å²) in [6, 6.07) is 4.16. The molecule has 0 aliphatic carbocycles. The van der Waals surface area contributed by atoms with E-state index in [-0.39, 0.29) is 22.1 Å². The molecule has 6 nitrogen and oxygen atoms in total. The van der Waals surface area contributed by atoms with Crippen molar-refractivity contribution >= 4 is 15.9 Å². The third-order valence-corrected chi connectivity index (χ3v) is 4.37. The zero-order valence-electron chi connectivity index (χ0n) is 12.5. The normalized spacial score (nSPS) is 11.5. The summed E-state index contributed by atoms with van der Waals surface area (Å²) in [6.07, 6.45) is 1.95. The number of hydrogen-bond acceptors (Lipinski definition) is 4. The fraction of sp³-hybridized carbons (Fsp3) is 0.500. The van der Waals surface area contributed by atoms with E-state index in [9.17, 15) is 13.2 Å². The maximum atomic E-state index is 12.1. The lowest BCUT2D eigenvalue weighted by Gasteiger charge is -2.14. The summed E-state index contributed by atoms with van der Waals surface area (Å²) in [5.41, 5.74) is 0.241. The maximum absolute atomic E-state index is 12.1. The predicted molar refractivity (Wildman–Crippen MR) is 80.8 cm³/mol. The van der Waals surface area contributed by atoms with Gasteiger partial charge in [0.05, 0.1) is 7.11 Å². The summed E-state index contributed by atoms with van der Waals surface area (Å²) in [5, 5.41) is 7.93. The summed E-state index contributed by atoms with van der Waals surface area (Å²) in [4.78, 5) is 11.9. The molecule has 1 aromatic rings. The summed E-state index contributed by atoms with van der Waals surface area (Å²) in [6.45, 7) is 4.68. The summed E-state index contributed by atoms with van der Waals surface area (Å²) in [5.74, 6) is 0.202. The van der Waals surface area contributed by atoms with Crippen LogP contribution in [0.15, 0.2) is 23.1 Å². The van der Waals surface area contributed by atoms with Gasteiger partial charge in [-0.2, -0.15) is 0 Å². The Labute approximate surface area is 125 Å². The number of sulfonamides is 1. The van der Waals surface area contributed by atoms with Crippen molar-refractivity contribution in [3.63, 3.8) is 0 Å². The Kier molecular flexibility index (Phi) is 6.17. The Morgan fingerprint density at radius 1 is 1.33 bits per heavy atom. The highest BCUT2D eigenvalue weighted by Gasteiger charge is 2.18. The van der Waals surface area contributed by atoms with Gasteiger partial charge < -0.3 is 10.1 Å². The van der Waals surface area contributed by atoms with Crippen LogP contribution < -0.4 is 15.2 Å². The van der Waals surface area contributed by atoms with Crippen LogP contribution in [0.2, 0.25) is 0 Å². The summed E-state index contributed by atoms with van der Waals surface area (Å²) >= 11 is 0. The van der Waals surface area contributed by atoms with E-state index in [0.29, 0.717) is 12.5 Å². The molecular weight excluding hydrogens is 292 g/mol. The monoisotopic (exact) mass is 314 g/mol. The molecule has 118 valence electrons. The van der Waals surface area contributed by atoms with Crippen molar-refractivity contribution in [2.24, 2.45) is 11.1 Å². The van der Waals surface area contributed by atoms with Crippen LogP contribution in [0.4, 0.5) is 0 Å². The number of rotatable bonds is 7. The van der Waals surface area contributed by atoms with Crippen LogP contribution in [0.3, 0.4) is 0 Å². The largest absolute Gasteiger partial charge is 0.495 e. The number of methoxy groups -OCH3 is 1. The molecule has 0 radical (unpaired) electrons. The molecule has 1 aromatic carbocycles. The Hall–Kier alpha value is -1.60. The third kappa shape index (κ3) is 4.71. The van der Waals surface area contributed by atoms with E-state index >= 15 is 0 Å². The molecule has 1 amide bonds. The molecule has 0 aliphatic heterocycles. The Morgan fingerprint density at radius 3 is 2.43 bits per heavy atom. The van der Waals surface area contributed by atoms with Gasteiger partial charge in [-0.25, -0.2) is 13.6 Å². The lowest BCUT2D eigenvalue weighted by molar-refractivity contribution is 0.0946. The number of benzene rings is 1. The number of nitrogens with two attached hydrogens (primary N) is 1. The van der Waals surface area contributed by atoms with Gasteiger partial charge in [-0.15, -0.1) is 0 Å². The molecule has 0 spiro atoms. The third-order valence-electron chi connectivity index (χ3n) is 3.44. The highest BCUT2D eigenvalue weighted by Crippen LogP contribution is 2.23. The summed E-state index contributed by atoms with van der Waals surface area (Å²) in [7, 11) is -2.60. The van der Waals surface area contributed by atoms with Crippen molar-refractivity contribution in [1.82, 2.24) is 5.32 Å². The van der Waals surface area contributed by atoms with Gasteiger partial charge in [-0.05, 0) is 24.1 Å². The summed E-state index contributed by atoms with van der Waals surface area (Å²) < 4.78 is 28.0. The second-order valence-electron chi connectivity index (χ2n) is 4.80. The van der Waals surface area contributed by atoms with E-state index in [1.54, 1.807) is 0 Å². The molecule has 0 aliphatic rings. The number of ether oxygens (including phenoxy) is 1. The number of primary sulfonamides is 1. The topological polar surface area (TPSA) is 98.5 Å². The average Bonchev–Trinajstić information content (AvgIpc) is 2.46. The smallest absolute Gasteiger partial charge is 0.251 e. The van der Waals surface area contributed by atoms with Crippen LogP contribution >= 0.6 is 0 Å². The zero-order valence-corrected chi connectivity index (χ0v) is 13.4. The van der Waals surface area contributed by atoms with Gasteiger partial charge in [0.15, 0.2) is 0 Å². The number of hydrogen-bond donors (Lipinski definition) is 2. The van der Waals surface area contributed by atoms with Gasteiger partial charge in [0.1, 0.15) is 10.6 Å². The number of carbonyl (C=O) groups is 1. The second kappa shape index (κ2) is 7.42. The molecule has 0 heterocycles. The average molecular weight is 314 g/mol. The molecule has 21 heavy (non-hydrogen) atoms. The maximum Gasteiger partial charge on any atom is 0.251 e. The first kappa shape index (κ1) is 17.5. The molecule has 0 atom stereocenters. The molecule has 0 fully saturated rings. The molecule has 1 rings (SSSR count). The van der Waals surface area contributed by atoms with Crippen LogP contribution in [-0.2, 0) is 10.0 Å². The molecule has 0 saturated carbocycles. The second-order valence-corrected chi connectivity index (χ2v) is 6.33. The Balaban J connectivity index is 2.96. The highest BCUT2D eigenvalue weighted by atomic mass is 32.2. The van der Waals surface area contributed by atoms with Crippen molar-refractivity contribution in [3.8, 4) is 5.75 Å². The number of amides is 1. The molecule has 0 unspecified atom stereocenters. The van der Waals surface area contributed by atoms with Crippen molar-refractivity contribution in [2.75, 3.05) is 13.7 Å². The van der Waals surface area contributed by atoms with Crippen molar-refractivity contribution in [3.05, 3.63) is 23.8 Å². The fourth-order valence-corrected chi connectivity index (χ4v) is 2.68. The molecule has 0 aromatic heterocycles. The predicted octanol–water partition coefficient (Wildman–Crippen LogP) is 1.51. The van der Waals surface area contributed by atoms with Crippen LogP contribution in [0, 0.1) is 5.92 Å². The molecular formula is C14H22N2O4S. The van der Waals surface area contributed by atoms with Crippen molar-refractivity contribution < 1.29 is 17.9 Å². The van der Waals surface area contributed by atoms with E-state index in [1.807, 2.05) is 0 Å². The fourth-order valence-electron chi connectivity index (χ4n) is 1.96. The van der Waals surface area contributed by atoms with Crippen LogP contribution in [0.5, 0.6) is 5.75 Å². The van der Waals surface area contributed by atoms with Crippen molar-refractivity contribution in [2.45, 2.75) is 31.6 Å². The number of carbonyl (C=O) groups excluding carboxylic acids is 1. The quantitative estimate of drug-likeness (QED) is 0.797. The molecule has 7 heteroatoms. The first-order valence-corrected chi connectivity index (χ1v) is 8.37. The van der Waals surface area contributed by atoms with Gasteiger partial charge in [0.2, 0.25) is 10.0 Å². The Morgan fingerprint density at radius 2 is 1.95 bits per heavy atom.